The third-order valence-corrected chi connectivity index (χ3v) is 11.2. The minimum atomic E-state index is -0.931. The van der Waals surface area contributed by atoms with Gasteiger partial charge in [-0.05, 0) is 70.1 Å². The zero-order chi connectivity index (χ0) is 40.0. The predicted molar refractivity (Wildman–Crippen MR) is 227 cm³/mol. The van der Waals surface area contributed by atoms with Gasteiger partial charge < -0.3 is 24.3 Å². The van der Waals surface area contributed by atoms with E-state index in [1.54, 1.807) is 25.0 Å². The highest BCUT2D eigenvalue weighted by molar-refractivity contribution is 5.58. The molecule has 3 unspecified atom stereocenters. The lowest BCUT2D eigenvalue weighted by atomic mass is 9.77. The number of hydrogen-bond acceptors (Lipinski definition) is 7. The van der Waals surface area contributed by atoms with E-state index in [-0.39, 0.29) is 18.6 Å². The lowest BCUT2D eigenvalue weighted by molar-refractivity contribution is -0.0806. The van der Waals surface area contributed by atoms with Gasteiger partial charge in [0, 0.05) is 12.1 Å². The molecule has 1 aromatic heterocycles. The number of nitrogens with one attached hydrogen (secondary N) is 1. The summed E-state index contributed by atoms with van der Waals surface area (Å²) in [5.41, 5.74) is 3.68. The first kappa shape index (κ1) is 38.4. The summed E-state index contributed by atoms with van der Waals surface area (Å²) < 4.78 is 26.4. The number of aromatic nitrogens is 2. The van der Waals surface area contributed by atoms with Crippen LogP contribution in [0.4, 0.5) is 5.82 Å². The van der Waals surface area contributed by atoms with E-state index < -0.39 is 23.1 Å². The quantitative estimate of drug-likeness (QED) is 0.110. The van der Waals surface area contributed by atoms with Crippen LogP contribution in [-0.2, 0) is 20.6 Å². The van der Waals surface area contributed by atoms with Crippen LogP contribution in [0, 0.1) is 5.92 Å². The van der Waals surface area contributed by atoms with Crippen molar-refractivity contribution in [3.8, 4) is 11.5 Å². The fraction of sp³-hybridized carbons (Fsp3) is 0.200. The van der Waals surface area contributed by atoms with E-state index >= 15 is 0 Å². The van der Waals surface area contributed by atoms with Crippen molar-refractivity contribution in [1.29, 1.82) is 0 Å². The number of ether oxygens (including phenoxy) is 4. The highest BCUT2D eigenvalue weighted by atomic mass is 16.6. The number of benzene rings is 6. The fourth-order valence-electron chi connectivity index (χ4n) is 8.31. The molecule has 6 aromatic carbocycles. The molecule has 1 aliphatic heterocycles. The fourth-order valence-corrected chi connectivity index (χ4v) is 8.31. The Bertz CT molecular complexity index is 2360. The summed E-state index contributed by atoms with van der Waals surface area (Å²) in [6, 6.07) is 58.8. The van der Waals surface area contributed by atoms with Crippen LogP contribution in [0.25, 0.3) is 0 Å². The molecule has 0 spiro atoms. The zero-order valence-corrected chi connectivity index (χ0v) is 32.9. The Balaban J connectivity index is 1.09. The van der Waals surface area contributed by atoms with Crippen LogP contribution in [0.5, 0.6) is 11.5 Å². The van der Waals surface area contributed by atoms with Crippen molar-refractivity contribution >= 4 is 5.82 Å². The topological polar surface area (TPSA) is 83.8 Å². The van der Waals surface area contributed by atoms with Crippen LogP contribution in [-0.4, -0.2) is 36.5 Å². The molecule has 3 atom stereocenters. The van der Waals surface area contributed by atoms with E-state index in [9.17, 15) is 4.79 Å². The van der Waals surface area contributed by atoms with Gasteiger partial charge in [0.05, 0.1) is 26.9 Å². The minimum Gasteiger partial charge on any atom is -0.497 e. The van der Waals surface area contributed by atoms with Crippen LogP contribution >= 0.6 is 0 Å². The van der Waals surface area contributed by atoms with Gasteiger partial charge in [-0.1, -0.05) is 153 Å². The second-order valence-corrected chi connectivity index (χ2v) is 14.7. The van der Waals surface area contributed by atoms with E-state index in [4.69, 9.17) is 18.9 Å². The Hall–Kier alpha value is -6.48. The Morgan fingerprint density at radius 2 is 1.05 bits per heavy atom. The average Bonchev–Trinajstić information content (AvgIpc) is 3.66. The molecule has 0 bridgehead atoms. The highest BCUT2D eigenvalue weighted by Gasteiger charge is 2.42. The normalized spacial score (nSPS) is 16.8. The van der Waals surface area contributed by atoms with Gasteiger partial charge in [-0.15, -0.1) is 0 Å². The Labute approximate surface area is 339 Å². The molecule has 1 aliphatic rings. The van der Waals surface area contributed by atoms with Crippen molar-refractivity contribution in [1.82, 2.24) is 9.55 Å². The predicted octanol–water partition coefficient (Wildman–Crippen LogP) is 9.60. The van der Waals surface area contributed by atoms with Crippen molar-refractivity contribution in [2.75, 3.05) is 26.1 Å². The maximum absolute atomic E-state index is 14.1. The minimum absolute atomic E-state index is 0.0165. The molecule has 8 rings (SSSR count). The van der Waals surface area contributed by atoms with E-state index in [1.807, 2.05) is 115 Å². The Morgan fingerprint density at radius 3 is 1.52 bits per heavy atom. The highest BCUT2D eigenvalue weighted by Crippen LogP contribution is 2.44. The molecule has 0 amide bonds. The molecule has 292 valence electrons. The van der Waals surface area contributed by atoms with Crippen molar-refractivity contribution in [2.45, 2.75) is 36.8 Å². The summed E-state index contributed by atoms with van der Waals surface area (Å²) in [6.07, 6.45) is 1.67. The van der Waals surface area contributed by atoms with Gasteiger partial charge in [-0.2, -0.15) is 4.98 Å². The molecular weight excluding hydrogens is 723 g/mol. The summed E-state index contributed by atoms with van der Waals surface area (Å²) in [6.45, 7) is 2.39. The molecule has 8 nitrogen and oxygen atoms in total. The van der Waals surface area contributed by atoms with Gasteiger partial charge in [-0.3, -0.25) is 4.57 Å². The van der Waals surface area contributed by atoms with Crippen molar-refractivity contribution in [3.63, 3.8) is 0 Å². The molecule has 0 aliphatic carbocycles. The van der Waals surface area contributed by atoms with Gasteiger partial charge in [0.2, 0.25) is 0 Å². The maximum atomic E-state index is 14.1. The lowest BCUT2D eigenvalue weighted by Gasteiger charge is -2.37. The van der Waals surface area contributed by atoms with Crippen LogP contribution < -0.4 is 20.5 Å². The third kappa shape index (κ3) is 7.40. The van der Waals surface area contributed by atoms with E-state index in [1.165, 1.54) is 0 Å². The van der Waals surface area contributed by atoms with Crippen molar-refractivity contribution in [3.05, 3.63) is 226 Å². The summed E-state index contributed by atoms with van der Waals surface area (Å²) in [7, 11) is 3.32. The van der Waals surface area contributed by atoms with Gasteiger partial charge >= 0.3 is 5.69 Å². The van der Waals surface area contributed by atoms with Crippen molar-refractivity contribution < 1.29 is 18.9 Å². The standard InChI is InChI=1S/C50H47N3O5/c1-36-34-45(35-57-50(40-20-12-6-13-21-40,41-22-14-7-15-23-41)42-26-30-44(56-3)31-27-42)58-47(36)53-33-32-46(51-48(53)54)52-49(37-16-8-4-9-17-37,38-18-10-5-11-19-38)39-24-28-43(55-2)29-25-39/h4-33,36,45,47H,34-35H2,1-3H3,(H,51,52,54). The first-order valence-corrected chi connectivity index (χ1v) is 19.6. The first-order valence-electron chi connectivity index (χ1n) is 19.6. The van der Waals surface area contributed by atoms with Gasteiger partial charge in [0.25, 0.3) is 0 Å². The molecule has 0 saturated carbocycles. The first-order chi connectivity index (χ1) is 28.4. The molecule has 58 heavy (non-hydrogen) atoms. The van der Waals surface area contributed by atoms with E-state index in [0.29, 0.717) is 12.2 Å². The van der Waals surface area contributed by atoms with Gasteiger partial charge in [0.15, 0.2) is 0 Å². The monoisotopic (exact) mass is 769 g/mol. The summed E-state index contributed by atoms with van der Waals surface area (Å²) >= 11 is 0. The number of anilines is 1. The molecule has 1 fully saturated rings. The zero-order valence-electron chi connectivity index (χ0n) is 32.9. The third-order valence-electron chi connectivity index (χ3n) is 11.2. The van der Waals surface area contributed by atoms with E-state index in [0.717, 1.165) is 44.9 Å². The molecule has 1 saturated heterocycles. The number of nitrogens with zero attached hydrogens (tertiary/aromatic N) is 2. The molecular formula is C50H47N3O5. The van der Waals surface area contributed by atoms with E-state index in [2.05, 4.69) is 77.9 Å². The molecule has 0 radical (unpaired) electrons. The second-order valence-electron chi connectivity index (χ2n) is 14.7. The largest absolute Gasteiger partial charge is 0.497 e. The Kier molecular flexibility index (Phi) is 11.2. The van der Waals surface area contributed by atoms with Gasteiger partial charge in [0.1, 0.15) is 34.7 Å². The lowest BCUT2D eigenvalue weighted by Crippen LogP contribution is -2.39. The maximum Gasteiger partial charge on any atom is 0.351 e. The average molecular weight is 770 g/mol. The Morgan fingerprint density at radius 1 is 0.621 bits per heavy atom. The van der Waals surface area contributed by atoms with Crippen LogP contribution in [0.15, 0.2) is 187 Å². The smallest absolute Gasteiger partial charge is 0.351 e. The van der Waals surface area contributed by atoms with Crippen LogP contribution in [0.2, 0.25) is 0 Å². The van der Waals surface area contributed by atoms with Crippen LogP contribution in [0.3, 0.4) is 0 Å². The number of hydrogen-bond donors (Lipinski definition) is 1. The van der Waals surface area contributed by atoms with Crippen molar-refractivity contribution in [2.24, 2.45) is 5.92 Å². The number of methoxy groups -OCH3 is 2. The van der Waals surface area contributed by atoms with Gasteiger partial charge in [-0.25, -0.2) is 4.79 Å². The van der Waals surface area contributed by atoms with Crippen LogP contribution in [0.1, 0.15) is 53.0 Å². The second kappa shape index (κ2) is 16.9. The molecule has 7 aromatic rings. The molecule has 8 heteroatoms. The molecule has 1 N–H and O–H groups in total. The summed E-state index contributed by atoms with van der Waals surface area (Å²) in [5, 5.41) is 3.71. The number of rotatable bonds is 14. The summed E-state index contributed by atoms with van der Waals surface area (Å²) in [5.74, 6) is 1.97. The SMILES string of the molecule is COc1ccc(C(Nc2ccn(C3OC(COC(c4ccccc4)(c4ccccc4)c4ccc(OC)cc4)CC3C)c(=O)n2)(c2ccccc2)c2ccccc2)cc1. The molecule has 2 heterocycles. The summed E-state index contributed by atoms with van der Waals surface area (Å²) in [4.78, 5) is 18.7.